The number of thioether (sulfide) groups is 1. The number of carboxylic acids is 1. The van der Waals surface area contributed by atoms with Crippen molar-refractivity contribution >= 4 is 29.6 Å². The van der Waals surface area contributed by atoms with Crippen LogP contribution in [0.5, 0.6) is 0 Å². The van der Waals surface area contributed by atoms with Crippen LogP contribution >= 0.6 is 11.8 Å². The summed E-state index contributed by atoms with van der Waals surface area (Å²) >= 11 is 0.855. The number of nitrogens with zero attached hydrogens (tertiary/aromatic N) is 1. The number of hydrogen-bond acceptors (Lipinski definition) is 4. The van der Waals surface area contributed by atoms with E-state index in [4.69, 9.17) is 10.4 Å². The second-order valence-electron chi connectivity index (χ2n) is 4.76. The van der Waals surface area contributed by atoms with Crippen LogP contribution in [0.2, 0.25) is 0 Å². The highest BCUT2D eigenvalue weighted by molar-refractivity contribution is 8.00. The number of benzene rings is 2. The minimum atomic E-state index is -1.04. The number of carbonyl (C=O) groups excluding carboxylic acids is 1. The fraction of sp³-hybridized carbons (Fsp3) is 0.0556. The Bertz CT molecular complexity index is 856. The van der Waals surface area contributed by atoms with Crippen molar-refractivity contribution < 1.29 is 19.1 Å². The topological polar surface area (TPSA) is 78.2 Å². The van der Waals surface area contributed by atoms with Gasteiger partial charge in [0, 0.05) is 10.5 Å². The fourth-order valence-corrected chi connectivity index (χ4v) is 2.53. The van der Waals surface area contributed by atoms with Crippen molar-refractivity contribution in [2.45, 2.75) is 4.90 Å². The smallest absolute Gasteiger partial charge is 0.313 e. The van der Waals surface area contributed by atoms with E-state index in [0.717, 1.165) is 17.8 Å². The standard InChI is InChI=1S/C18H12FNO3S/c19-15-9-14(5-7-17(15)24-11-18(22)23)16(21)6-4-12-2-1-3-13(8-12)10-20/h1-9H,11H2,(H,22,23)/b6-4+. The van der Waals surface area contributed by atoms with Crippen molar-refractivity contribution in [1.29, 1.82) is 5.26 Å². The summed E-state index contributed by atoms with van der Waals surface area (Å²) in [7, 11) is 0. The lowest BCUT2D eigenvalue weighted by molar-refractivity contribution is -0.133. The summed E-state index contributed by atoms with van der Waals surface area (Å²) in [5, 5.41) is 17.4. The number of ketones is 1. The highest BCUT2D eigenvalue weighted by atomic mass is 32.2. The van der Waals surface area contributed by atoms with Gasteiger partial charge in [-0.1, -0.05) is 18.2 Å². The highest BCUT2D eigenvalue weighted by Crippen LogP contribution is 2.23. The number of nitriles is 1. The lowest BCUT2D eigenvalue weighted by atomic mass is 10.1. The molecule has 0 fully saturated rings. The second kappa shape index (κ2) is 8.09. The molecule has 0 unspecified atom stereocenters. The van der Waals surface area contributed by atoms with Gasteiger partial charge in [0.2, 0.25) is 0 Å². The first kappa shape index (κ1) is 17.4. The van der Waals surface area contributed by atoms with Crippen LogP contribution in [0.25, 0.3) is 6.08 Å². The van der Waals surface area contributed by atoms with Gasteiger partial charge in [0.15, 0.2) is 5.78 Å². The maximum absolute atomic E-state index is 13.9. The lowest BCUT2D eigenvalue weighted by Crippen LogP contribution is -2.00. The molecule has 2 rings (SSSR count). The van der Waals surface area contributed by atoms with E-state index < -0.39 is 11.8 Å². The maximum atomic E-state index is 13.9. The Labute approximate surface area is 142 Å². The van der Waals surface area contributed by atoms with Crippen LogP contribution in [-0.2, 0) is 4.79 Å². The molecule has 2 aromatic carbocycles. The summed E-state index contributed by atoms with van der Waals surface area (Å²) in [6.07, 6.45) is 2.85. The molecule has 0 amide bonds. The molecule has 24 heavy (non-hydrogen) atoms. The van der Waals surface area contributed by atoms with Crippen LogP contribution in [0.1, 0.15) is 21.5 Å². The zero-order valence-corrected chi connectivity index (χ0v) is 13.2. The third kappa shape index (κ3) is 4.80. The van der Waals surface area contributed by atoms with Gasteiger partial charge in [-0.15, -0.1) is 11.8 Å². The number of allylic oxidation sites excluding steroid dienone is 1. The van der Waals surface area contributed by atoms with E-state index in [9.17, 15) is 14.0 Å². The van der Waals surface area contributed by atoms with Gasteiger partial charge in [-0.25, -0.2) is 4.39 Å². The van der Waals surface area contributed by atoms with Crippen molar-refractivity contribution in [2.75, 3.05) is 5.75 Å². The number of aliphatic carboxylic acids is 1. The van der Waals surface area contributed by atoms with Crippen LogP contribution < -0.4 is 0 Å². The van der Waals surface area contributed by atoms with E-state index in [1.54, 1.807) is 30.3 Å². The zero-order valence-electron chi connectivity index (χ0n) is 12.4. The molecular weight excluding hydrogens is 329 g/mol. The van der Waals surface area contributed by atoms with E-state index in [1.165, 1.54) is 18.2 Å². The van der Waals surface area contributed by atoms with E-state index >= 15 is 0 Å². The average molecular weight is 341 g/mol. The summed E-state index contributed by atoms with van der Waals surface area (Å²) in [4.78, 5) is 22.8. The monoisotopic (exact) mass is 341 g/mol. The predicted octanol–water partition coefficient (Wildman–Crippen LogP) is 3.77. The summed E-state index contributed by atoms with van der Waals surface area (Å²) in [6, 6.07) is 12.7. The minimum absolute atomic E-state index is 0.167. The molecule has 120 valence electrons. The predicted molar refractivity (Wildman–Crippen MR) is 89.3 cm³/mol. The Morgan fingerprint density at radius 3 is 2.71 bits per heavy atom. The number of carboxylic acid groups (broad SMARTS) is 1. The van der Waals surface area contributed by atoms with Gasteiger partial charge in [-0.05, 0) is 42.0 Å². The van der Waals surface area contributed by atoms with Crippen molar-refractivity contribution in [3.05, 3.63) is 71.0 Å². The van der Waals surface area contributed by atoms with E-state index in [2.05, 4.69) is 0 Å². The molecule has 0 spiro atoms. The summed E-state index contributed by atoms with van der Waals surface area (Å²) in [5.41, 5.74) is 1.34. The van der Waals surface area contributed by atoms with E-state index in [-0.39, 0.29) is 22.0 Å². The molecule has 0 saturated carbocycles. The number of rotatable bonds is 6. The molecule has 0 aliphatic heterocycles. The Kier molecular flexibility index (Phi) is 5.88. The molecule has 0 radical (unpaired) electrons. The Hall–Kier alpha value is -2.91. The molecule has 0 aliphatic rings. The fourth-order valence-electron chi connectivity index (χ4n) is 1.89. The average Bonchev–Trinajstić information content (AvgIpc) is 2.58. The van der Waals surface area contributed by atoms with E-state index in [1.807, 2.05) is 6.07 Å². The Balaban J connectivity index is 2.12. The SMILES string of the molecule is N#Cc1cccc(/C=C/C(=O)c2ccc(SCC(=O)O)c(F)c2)c1. The first-order chi connectivity index (χ1) is 11.5. The Morgan fingerprint density at radius 1 is 1.25 bits per heavy atom. The van der Waals surface area contributed by atoms with Crippen molar-refractivity contribution in [3.63, 3.8) is 0 Å². The van der Waals surface area contributed by atoms with Crippen molar-refractivity contribution in [2.24, 2.45) is 0 Å². The summed E-state index contributed by atoms with van der Waals surface area (Å²) < 4.78 is 13.9. The summed E-state index contributed by atoms with van der Waals surface area (Å²) in [5.74, 6) is -2.31. The van der Waals surface area contributed by atoms with Gasteiger partial charge in [0.1, 0.15) is 5.82 Å². The third-order valence-electron chi connectivity index (χ3n) is 3.01. The van der Waals surface area contributed by atoms with Crippen LogP contribution in [-0.4, -0.2) is 22.6 Å². The molecule has 0 aliphatic carbocycles. The molecule has 1 N–H and O–H groups in total. The molecule has 0 saturated heterocycles. The Morgan fingerprint density at radius 2 is 2.04 bits per heavy atom. The van der Waals surface area contributed by atoms with E-state index in [0.29, 0.717) is 11.1 Å². The largest absolute Gasteiger partial charge is 0.481 e. The van der Waals surface area contributed by atoms with Crippen LogP contribution in [0.3, 0.4) is 0 Å². The number of hydrogen-bond donors (Lipinski definition) is 1. The van der Waals surface area contributed by atoms with Crippen molar-refractivity contribution in [1.82, 2.24) is 0 Å². The third-order valence-corrected chi connectivity index (χ3v) is 4.04. The van der Waals surface area contributed by atoms with Gasteiger partial charge in [-0.2, -0.15) is 5.26 Å². The van der Waals surface area contributed by atoms with Gasteiger partial charge in [0.25, 0.3) is 0 Å². The first-order valence-electron chi connectivity index (χ1n) is 6.86. The summed E-state index contributed by atoms with van der Waals surface area (Å²) in [6.45, 7) is 0. The first-order valence-corrected chi connectivity index (χ1v) is 7.85. The van der Waals surface area contributed by atoms with Crippen LogP contribution in [0, 0.1) is 17.1 Å². The normalized spacial score (nSPS) is 10.5. The molecule has 4 nitrogen and oxygen atoms in total. The quantitative estimate of drug-likeness (QED) is 0.491. The maximum Gasteiger partial charge on any atom is 0.313 e. The second-order valence-corrected chi connectivity index (χ2v) is 5.78. The molecule has 0 atom stereocenters. The van der Waals surface area contributed by atoms with Crippen molar-refractivity contribution in [3.8, 4) is 6.07 Å². The molecule has 0 heterocycles. The highest BCUT2D eigenvalue weighted by Gasteiger charge is 2.09. The van der Waals surface area contributed by atoms with Gasteiger partial charge < -0.3 is 5.11 Å². The van der Waals surface area contributed by atoms with Crippen LogP contribution in [0.15, 0.2) is 53.4 Å². The van der Waals surface area contributed by atoms with Gasteiger partial charge >= 0.3 is 5.97 Å². The number of carbonyl (C=O) groups is 2. The van der Waals surface area contributed by atoms with Crippen LogP contribution in [0.4, 0.5) is 4.39 Å². The minimum Gasteiger partial charge on any atom is -0.481 e. The molecule has 6 heteroatoms. The molecular formula is C18H12FNO3S. The number of halogens is 1. The zero-order chi connectivity index (χ0) is 17.5. The molecule has 0 bridgehead atoms. The molecule has 0 aromatic heterocycles. The van der Waals surface area contributed by atoms with Gasteiger partial charge in [-0.3, -0.25) is 9.59 Å². The lowest BCUT2D eigenvalue weighted by Gasteiger charge is -2.03. The van der Waals surface area contributed by atoms with Gasteiger partial charge in [0.05, 0.1) is 17.4 Å². The molecule has 2 aromatic rings.